The zero-order chi connectivity index (χ0) is 26.3. The predicted molar refractivity (Wildman–Crippen MR) is 153 cm³/mol. The van der Waals surface area contributed by atoms with Crippen LogP contribution in [0.25, 0.3) is 0 Å². The molecule has 4 rings (SSSR count). The van der Waals surface area contributed by atoms with E-state index in [1.54, 1.807) is 0 Å². The van der Waals surface area contributed by atoms with Crippen LogP contribution in [-0.4, -0.2) is 55.5 Å². The molecule has 3 aromatic carbocycles. The van der Waals surface area contributed by atoms with Gasteiger partial charge in [-0.3, -0.25) is 4.79 Å². The van der Waals surface area contributed by atoms with Crippen molar-refractivity contribution in [2.75, 3.05) is 39.8 Å². The van der Waals surface area contributed by atoms with Gasteiger partial charge in [0.25, 0.3) is 5.91 Å². The lowest BCUT2D eigenvalue weighted by molar-refractivity contribution is -0.0852. The first-order chi connectivity index (χ1) is 17.9. The molecule has 1 aliphatic rings. The number of carbonyl (C=O) groups is 1. The third-order valence-electron chi connectivity index (χ3n) is 7.45. The fourth-order valence-corrected chi connectivity index (χ4v) is 5.66. The Morgan fingerprint density at radius 3 is 2.24 bits per heavy atom. The highest BCUT2D eigenvalue weighted by Crippen LogP contribution is 2.37. The van der Waals surface area contributed by atoms with Gasteiger partial charge in [0.2, 0.25) is 0 Å². The van der Waals surface area contributed by atoms with Crippen molar-refractivity contribution in [3.63, 3.8) is 0 Å². The predicted octanol–water partition coefficient (Wildman–Crippen LogP) is 7.27. The van der Waals surface area contributed by atoms with E-state index in [1.807, 2.05) is 60.5 Å². The highest BCUT2D eigenvalue weighted by molar-refractivity contribution is 6.42. The van der Waals surface area contributed by atoms with Gasteiger partial charge in [0, 0.05) is 44.8 Å². The van der Waals surface area contributed by atoms with Crippen LogP contribution in [0.3, 0.4) is 0 Å². The van der Waals surface area contributed by atoms with Gasteiger partial charge >= 0.3 is 0 Å². The smallest absolute Gasteiger partial charge is 0.253 e. The maximum Gasteiger partial charge on any atom is 0.253 e. The minimum Gasteiger partial charge on any atom is -0.370 e. The number of hydrogen-bond acceptors (Lipinski definition) is 3. The molecule has 0 bridgehead atoms. The van der Waals surface area contributed by atoms with Crippen molar-refractivity contribution in [3.05, 3.63) is 106 Å². The largest absolute Gasteiger partial charge is 0.370 e. The van der Waals surface area contributed by atoms with Gasteiger partial charge in [-0.2, -0.15) is 0 Å². The van der Waals surface area contributed by atoms with Gasteiger partial charge in [-0.25, -0.2) is 0 Å². The van der Waals surface area contributed by atoms with Gasteiger partial charge in [-0.1, -0.05) is 77.8 Å². The summed E-state index contributed by atoms with van der Waals surface area (Å²) in [4.78, 5) is 17.4. The van der Waals surface area contributed by atoms with Crippen LogP contribution in [0, 0.1) is 0 Å². The topological polar surface area (TPSA) is 32.8 Å². The lowest BCUT2D eigenvalue weighted by Gasteiger charge is -2.42. The maximum atomic E-state index is 13.1. The number of halogens is 2. The second kappa shape index (κ2) is 12.9. The number of rotatable bonds is 10. The van der Waals surface area contributed by atoms with Crippen molar-refractivity contribution in [2.45, 2.75) is 37.7 Å². The van der Waals surface area contributed by atoms with Gasteiger partial charge in [-0.05, 0) is 68.1 Å². The molecule has 196 valence electrons. The van der Waals surface area contributed by atoms with Crippen molar-refractivity contribution < 1.29 is 9.53 Å². The van der Waals surface area contributed by atoms with Crippen molar-refractivity contribution in [1.82, 2.24) is 9.80 Å². The molecule has 3 aromatic rings. The summed E-state index contributed by atoms with van der Waals surface area (Å²) in [6.45, 7) is 6.27. The number of benzene rings is 3. The zero-order valence-electron chi connectivity index (χ0n) is 21.7. The molecule has 6 heteroatoms. The minimum absolute atomic E-state index is 0.0213. The molecule has 0 spiro atoms. The third-order valence-corrected chi connectivity index (χ3v) is 8.19. The summed E-state index contributed by atoms with van der Waals surface area (Å²) in [5.74, 6) is 0.160. The van der Waals surface area contributed by atoms with E-state index in [4.69, 9.17) is 27.9 Å². The van der Waals surface area contributed by atoms with E-state index in [0.29, 0.717) is 28.8 Å². The number of likely N-dealkylation sites (N-methyl/N-ethyl adjacent to an activating group) is 1. The molecule has 1 atom stereocenters. The normalized spacial score (nSPS) is 16.3. The van der Waals surface area contributed by atoms with Crippen molar-refractivity contribution in [2.24, 2.45) is 0 Å². The molecule has 0 radical (unpaired) electrons. The molecule has 4 nitrogen and oxygen atoms in total. The maximum absolute atomic E-state index is 13.1. The van der Waals surface area contributed by atoms with Crippen LogP contribution in [0.2, 0.25) is 10.0 Å². The number of amides is 1. The molecule has 0 aromatic heterocycles. The summed E-state index contributed by atoms with van der Waals surface area (Å²) in [5.41, 5.74) is 2.86. The van der Waals surface area contributed by atoms with Gasteiger partial charge in [-0.15, -0.1) is 0 Å². The summed E-state index contributed by atoms with van der Waals surface area (Å²) in [6, 6.07) is 25.9. The van der Waals surface area contributed by atoms with E-state index in [1.165, 1.54) is 5.56 Å². The van der Waals surface area contributed by atoms with Gasteiger partial charge < -0.3 is 14.5 Å². The van der Waals surface area contributed by atoms with Crippen LogP contribution in [0.5, 0.6) is 0 Å². The van der Waals surface area contributed by atoms with Crippen molar-refractivity contribution in [1.29, 1.82) is 0 Å². The van der Waals surface area contributed by atoms with Crippen molar-refractivity contribution in [3.8, 4) is 0 Å². The minimum atomic E-state index is -0.210. The second-order valence-corrected chi connectivity index (χ2v) is 10.7. The average Bonchev–Trinajstić information content (AvgIpc) is 2.94. The van der Waals surface area contributed by atoms with E-state index in [0.717, 1.165) is 44.5 Å². The van der Waals surface area contributed by atoms with Crippen LogP contribution < -0.4 is 0 Å². The van der Waals surface area contributed by atoms with Crippen LogP contribution in [0.15, 0.2) is 78.9 Å². The molecular weight excluding hydrogens is 503 g/mol. The number of piperidine rings is 1. The molecule has 1 fully saturated rings. The summed E-state index contributed by atoms with van der Waals surface area (Å²) < 4.78 is 6.35. The Morgan fingerprint density at radius 2 is 1.62 bits per heavy atom. The third kappa shape index (κ3) is 6.94. The Morgan fingerprint density at radius 1 is 0.973 bits per heavy atom. The second-order valence-electron chi connectivity index (χ2n) is 9.85. The summed E-state index contributed by atoms with van der Waals surface area (Å²) >= 11 is 12.6. The van der Waals surface area contributed by atoms with Gasteiger partial charge in [0.15, 0.2) is 0 Å². The van der Waals surface area contributed by atoms with Gasteiger partial charge in [0.1, 0.15) is 0 Å². The Kier molecular flexibility index (Phi) is 9.66. The first-order valence-corrected chi connectivity index (χ1v) is 13.8. The molecule has 1 saturated heterocycles. The Balaban J connectivity index is 1.44. The molecule has 1 unspecified atom stereocenters. The van der Waals surface area contributed by atoms with Gasteiger partial charge in [0.05, 0.1) is 15.6 Å². The summed E-state index contributed by atoms with van der Waals surface area (Å²) in [5, 5.41) is 1.09. The SMILES string of the molecule is CCOC1(c2ccccc2)CCN(CCC(CN(C)C(=O)c2ccccc2)c2ccc(Cl)c(Cl)c2)CC1. The van der Waals surface area contributed by atoms with E-state index in [9.17, 15) is 4.79 Å². The zero-order valence-corrected chi connectivity index (χ0v) is 23.2. The van der Waals surface area contributed by atoms with Crippen LogP contribution in [0.1, 0.15) is 53.6 Å². The van der Waals surface area contributed by atoms with E-state index in [2.05, 4.69) is 42.2 Å². The lowest BCUT2D eigenvalue weighted by atomic mass is 9.83. The lowest BCUT2D eigenvalue weighted by Crippen LogP contribution is -2.45. The highest BCUT2D eigenvalue weighted by Gasteiger charge is 2.37. The van der Waals surface area contributed by atoms with Crippen molar-refractivity contribution >= 4 is 29.1 Å². The number of carbonyl (C=O) groups excluding carboxylic acids is 1. The Labute approximate surface area is 231 Å². The molecule has 1 aliphatic heterocycles. The molecular formula is C31H36Cl2N2O2. The summed E-state index contributed by atoms with van der Waals surface area (Å²) in [6.07, 6.45) is 2.85. The monoisotopic (exact) mass is 538 g/mol. The number of likely N-dealkylation sites (tertiary alicyclic amines) is 1. The van der Waals surface area contributed by atoms with E-state index in [-0.39, 0.29) is 17.4 Å². The van der Waals surface area contributed by atoms with E-state index >= 15 is 0 Å². The van der Waals surface area contributed by atoms with Crippen LogP contribution in [0.4, 0.5) is 0 Å². The Hall–Kier alpha value is -2.37. The highest BCUT2D eigenvalue weighted by atomic mass is 35.5. The van der Waals surface area contributed by atoms with Crippen LogP contribution >= 0.6 is 23.2 Å². The van der Waals surface area contributed by atoms with E-state index < -0.39 is 0 Å². The molecule has 0 N–H and O–H groups in total. The average molecular weight is 540 g/mol. The molecule has 0 aliphatic carbocycles. The standard InChI is InChI=1S/C31H36Cl2N2O2/c1-3-37-31(27-12-8-5-9-13-27)17-20-35(21-18-31)19-16-26(25-14-15-28(32)29(33)22-25)23-34(2)30(36)24-10-6-4-7-11-24/h4-15,22,26H,3,16-21,23H2,1-2H3. The van der Waals surface area contributed by atoms with Crippen LogP contribution in [-0.2, 0) is 10.3 Å². The molecule has 37 heavy (non-hydrogen) atoms. The molecule has 0 saturated carbocycles. The quantitative estimate of drug-likeness (QED) is 0.272. The first kappa shape index (κ1) is 27.7. The first-order valence-electron chi connectivity index (χ1n) is 13.1. The summed E-state index contributed by atoms with van der Waals surface area (Å²) in [7, 11) is 1.87. The fourth-order valence-electron chi connectivity index (χ4n) is 5.36. The number of hydrogen-bond donors (Lipinski definition) is 0. The fraction of sp³-hybridized carbons (Fsp3) is 0.387. The number of nitrogens with zero attached hydrogens (tertiary/aromatic N) is 2. The molecule has 1 amide bonds. The number of ether oxygens (including phenoxy) is 1. The molecule has 1 heterocycles. The Bertz CT molecular complexity index is 1150.